The van der Waals surface area contributed by atoms with E-state index in [-0.39, 0.29) is 12.2 Å². The second-order valence-corrected chi connectivity index (χ2v) is 8.51. The van der Waals surface area contributed by atoms with Crippen LogP contribution in [-0.2, 0) is 0 Å². The van der Waals surface area contributed by atoms with Gasteiger partial charge in [-0.05, 0) is 39.7 Å². The molecule has 6 N–H and O–H groups in total. The van der Waals surface area contributed by atoms with Crippen molar-refractivity contribution in [2.75, 3.05) is 19.6 Å². The molecule has 7 heteroatoms. The third kappa shape index (κ3) is 5.09. The Labute approximate surface area is 164 Å². The fraction of sp³-hybridized carbons (Fsp3) is 0.900. The number of nitrogens with zero attached hydrogens (tertiary/aromatic N) is 1. The van der Waals surface area contributed by atoms with Crippen LogP contribution in [0.5, 0.6) is 0 Å². The van der Waals surface area contributed by atoms with Crippen LogP contribution < -0.4 is 21.3 Å². The van der Waals surface area contributed by atoms with Crippen molar-refractivity contribution in [1.82, 2.24) is 26.2 Å². The van der Waals surface area contributed by atoms with Gasteiger partial charge in [0.25, 0.3) is 0 Å². The maximum atomic E-state index is 10.5. The molecule has 27 heavy (non-hydrogen) atoms. The predicted octanol–water partition coefficient (Wildman–Crippen LogP) is 0.411. The van der Waals surface area contributed by atoms with Crippen molar-refractivity contribution in [3.8, 4) is 0 Å². The van der Waals surface area contributed by atoms with E-state index in [4.69, 9.17) is 0 Å². The van der Waals surface area contributed by atoms with Gasteiger partial charge in [0.05, 0.1) is 12.2 Å². The number of rotatable bonds is 8. The summed E-state index contributed by atoms with van der Waals surface area (Å²) >= 11 is 0. The summed E-state index contributed by atoms with van der Waals surface area (Å²) in [5.41, 5.74) is 2.94. The summed E-state index contributed by atoms with van der Waals surface area (Å²) < 4.78 is 0. The van der Waals surface area contributed by atoms with E-state index in [1.165, 1.54) is 36.8 Å². The van der Waals surface area contributed by atoms with E-state index in [1.54, 1.807) is 0 Å². The molecule has 0 saturated carbocycles. The molecule has 2 fully saturated rings. The molecular weight excluding hydrogens is 342 g/mol. The van der Waals surface area contributed by atoms with Crippen molar-refractivity contribution in [1.29, 1.82) is 0 Å². The number of unbranched alkanes of at least 4 members (excludes halogenated alkanes) is 3. The zero-order valence-corrected chi connectivity index (χ0v) is 17.2. The van der Waals surface area contributed by atoms with Gasteiger partial charge < -0.3 is 20.8 Å². The Morgan fingerprint density at radius 1 is 1.00 bits per heavy atom. The first-order chi connectivity index (χ1) is 13.0. The van der Waals surface area contributed by atoms with Crippen molar-refractivity contribution in [2.24, 2.45) is 0 Å². The zero-order valence-electron chi connectivity index (χ0n) is 17.2. The highest BCUT2D eigenvalue weighted by atomic mass is 16.3. The third-order valence-corrected chi connectivity index (χ3v) is 6.52. The molecule has 2 saturated heterocycles. The van der Waals surface area contributed by atoms with Gasteiger partial charge in [0.15, 0.2) is 6.35 Å². The lowest BCUT2D eigenvalue weighted by atomic mass is 9.81. The van der Waals surface area contributed by atoms with Gasteiger partial charge in [0.2, 0.25) is 0 Å². The van der Waals surface area contributed by atoms with Crippen LogP contribution in [-0.4, -0.2) is 71.6 Å². The Balaban J connectivity index is 1.63. The van der Waals surface area contributed by atoms with Crippen LogP contribution in [0.2, 0.25) is 0 Å². The molecule has 156 valence electrons. The lowest BCUT2D eigenvalue weighted by molar-refractivity contribution is -0.118. The highest BCUT2D eigenvalue weighted by Gasteiger charge is 2.48. The minimum absolute atomic E-state index is 0.0782. The Bertz CT molecular complexity index is 515. The summed E-state index contributed by atoms with van der Waals surface area (Å²) in [6, 6.07) is 0.597. The third-order valence-electron chi connectivity index (χ3n) is 6.52. The minimum Gasteiger partial charge on any atom is -0.377 e. The van der Waals surface area contributed by atoms with Crippen molar-refractivity contribution in [2.45, 2.75) is 96.2 Å². The topological polar surface area (TPSA) is 91.8 Å². The van der Waals surface area contributed by atoms with Crippen LogP contribution >= 0.6 is 0 Å². The van der Waals surface area contributed by atoms with Crippen molar-refractivity contribution < 1.29 is 10.2 Å². The lowest BCUT2D eigenvalue weighted by Gasteiger charge is -2.56. The minimum atomic E-state index is -0.883. The molecule has 0 aromatic carbocycles. The van der Waals surface area contributed by atoms with E-state index in [0.29, 0.717) is 12.1 Å². The lowest BCUT2D eigenvalue weighted by Crippen LogP contribution is -2.81. The number of aliphatic hydroxyl groups excluding tert-OH is 2. The van der Waals surface area contributed by atoms with E-state index in [1.807, 2.05) is 0 Å². The van der Waals surface area contributed by atoms with Crippen LogP contribution in [0, 0.1) is 0 Å². The van der Waals surface area contributed by atoms with Gasteiger partial charge in [-0.15, -0.1) is 0 Å². The van der Waals surface area contributed by atoms with Gasteiger partial charge in [-0.25, -0.2) is 0 Å². The van der Waals surface area contributed by atoms with Crippen molar-refractivity contribution >= 4 is 0 Å². The highest BCUT2D eigenvalue weighted by Crippen LogP contribution is 2.33. The zero-order chi connectivity index (χ0) is 19.4. The van der Waals surface area contributed by atoms with Gasteiger partial charge in [0.1, 0.15) is 6.23 Å². The molecule has 0 amide bonds. The standard InChI is InChI=1S/C20H39N5O2/c1-4-5-6-7-8-21-9-10-25-16-12-14(3)13(2)11-15(16)22-17-18(25)23-20(27)24-19(17)26/h15-24,26-27H,4-12H2,1-3H3/t15?,16?,17-,18?,19?,20?/m1/s1. The molecule has 3 aliphatic rings. The Morgan fingerprint density at radius 2 is 1.78 bits per heavy atom. The molecule has 0 spiro atoms. The number of hydrogen-bond donors (Lipinski definition) is 6. The predicted molar refractivity (Wildman–Crippen MR) is 108 cm³/mol. The molecule has 2 heterocycles. The van der Waals surface area contributed by atoms with Crippen LogP contribution in [0.4, 0.5) is 0 Å². The van der Waals surface area contributed by atoms with Gasteiger partial charge in [-0.2, -0.15) is 0 Å². The monoisotopic (exact) mass is 381 g/mol. The Hall–Kier alpha value is -0.540. The molecule has 5 unspecified atom stereocenters. The molecule has 0 aromatic heterocycles. The largest absolute Gasteiger partial charge is 0.377 e. The first kappa shape index (κ1) is 21.2. The molecular formula is C20H39N5O2. The second-order valence-electron chi connectivity index (χ2n) is 8.51. The Kier molecular flexibility index (Phi) is 7.67. The van der Waals surface area contributed by atoms with E-state index < -0.39 is 12.6 Å². The average Bonchev–Trinajstić information content (AvgIpc) is 2.62. The van der Waals surface area contributed by atoms with E-state index >= 15 is 0 Å². The van der Waals surface area contributed by atoms with Gasteiger partial charge >= 0.3 is 0 Å². The quantitative estimate of drug-likeness (QED) is 0.268. The maximum absolute atomic E-state index is 10.5. The molecule has 2 aliphatic heterocycles. The molecule has 6 atom stereocenters. The first-order valence-corrected chi connectivity index (χ1v) is 10.8. The number of hydrogen-bond acceptors (Lipinski definition) is 7. The summed E-state index contributed by atoms with van der Waals surface area (Å²) in [5, 5.41) is 33.8. The summed E-state index contributed by atoms with van der Waals surface area (Å²) in [5.74, 6) is 0. The number of fused-ring (bicyclic) bond motifs is 2. The van der Waals surface area contributed by atoms with Gasteiger partial charge in [0, 0.05) is 25.2 Å². The highest BCUT2D eigenvalue weighted by molar-refractivity contribution is 5.21. The van der Waals surface area contributed by atoms with Crippen LogP contribution in [0.15, 0.2) is 11.1 Å². The molecule has 1 aliphatic carbocycles. The number of piperazine rings is 1. The van der Waals surface area contributed by atoms with Crippen LogP contribution in [0.3, 0.4) is 0 Å². The molecule has 0 bridgehead atoms. The van der Waals surface area contributed by atoms with Crippen molar-refractivity contribution in [3.63, 3.8) is 0 Å². The van der Waals surface area contributed by atoms with Crippen LogP contribution in [0.1, 0.15) is 59.3 Å². The molecule has 0 radical (unpaired) electrons. The van der Waals surface area contributed by atoms with Gasteiger partial charge in [-0.3, -0.25) is 15.5 Å². The number of nitrogens with one attached hydrogen (secondary N) is 4. The number of aliphatic hydroxyl groups is 2. The maximum Gasteiger partial charge on any atom is 0.163 e. The fourth-order valence-electron chi connectivity index (χ4n) is 4.79. The average molecular weight is 382 g/mol. The SMILES string of the molecule is CCCCCCNCCN1C2CC(C)=C(C)CC2N[C@H]2C(O)NC(O)NC21. The molecule has 0 aromatic rings. The second kappa shape index (κ2) is 9.78. The summed E-state index contributed by atoms with van der Waals surface area (Å²) in [4.78, 5) is 2.47. The molecule has 3 rings (SSSR count). The van der Waals surface area contributed by atoms with Crippen molar-refractivity contribution in [3.05, 3.63) is 11.1 Å². The summed E-state index contributed by atoms with van der Waals surface area (Å²) in [7, 11) is 0. The van der Waals surface area contributed by atoms with E-state index in [9.17, 15) is 10.2 Å². The summed E-state index contributed by atoms with van der Waals surface area (Å²) in [6.45, 7) is 9.60. The summed E-state index contributed by atoms with van der Waals surface area (Å²) in [6.07, 6.45) is 5.45. The van der Waals surface area contributed by atoms with E-state index in [2.05, 4.69) is 46.9 Å². The van der Waals surface area contributed by atoms with Gasteiger partial charge in [-0.1, -0.05) is 37.3 Å². The first-order valence-electron chi connectivity index (χ1n) is 10.8. The smallest absolute Gasteiger partial charge is 0.163 e. The fourth-order valence-corrected chi connectivity index (χ4v) is 4.79. The van der Waals surface area contributed by atoms with Crippen LogP contribution in [0.25, 0.3) is 0 Å². The normalized spacial score (nSPS) is 37.2. The molecule has 7 nitrogen and oxygen atoms in total. The Morgan fingerprint density at radius 3 is 2.56 bits per heavy atom. The van der Waals surface area contributed by atoms with E-state index in [0.717, 1.165) is 32.5 Å².